The first-order valence-corrected chi connectivity index (χ1v) is 11.0. The van der Waals surface area contributed by atoms with Crippen LogP contribution in [-0.4, -0.2) is 26.6 Å². The van der Waals surface area contributed by atoms with Crippen molar-refractivity contribution in [3.8, 4) is 5.75 Å². The maximum atomic E-state index is 13.7. The summed E-state index contributed by atoms with van der Waals surface area (Å²) in [7, 11) is -2.48. The van der Waals surface area contributed by atoms with Gasteiger partial charge in [-0.25, -0.2) is 12.7 Å². The molecule has 30 heavy (non-hydrogen) atoms. The molecule has 152 valence electrons. The van der Waals surface area contributed by atoms with Gasteiger partial charge in [0.2, 0.25) is 10.0 Å². The Balaban J connectivity index is 1.83. The van der Waals surface area contributed by atoms with Crippen LogP contribution in [0.4, 0.5) is 5.69 Å². The Hall–Kier alpha value is -3.38. The van der Waals surface area contributed by atoms with Crippen molar-refractivity contribution in [1.82, 2.24) is 0 Å². The standard InChI is InChI=1S/C24H21NO4S/c1-29-21-14-12-20(13-15-21)25-17-16-22(18-8-4-2-5-9-18)24(30(25,27)28)23(26)19-10-6-3-7-11-19/h2-17,22,24H,1H3. The number of Topliss-reactive ketones (excluding diaryl/α,β-unsaturated/α-hetero) is 1. The molecule has 1 aliphatic heterocycles. The molecule has 0 aromatic heterocycles. The molecule has 0 saturated carbocycles. The van der Waals surface area contributed by atoms with Crippen LogP contribution in [-0.2, 0) is 10.0 Å². The smallest absolute Gasteiger partial charge is 0.250 e. The van der Waals surface area contributed by atoms with Crippen LogP contribution in [0.15, 0.2) is 97.2 Å². The van der Waals surface area contributed by atoms with Gasteiger partial charge in [0.15, 0.2) is 11.0 Å². The van der Waals surface area contributed by atoms with Gasteiger partial charge < -0.3 is 4.74 Å². The lowest BCUT2D eigenvalue weighted by atomic mass is 9.90. The Labute approximate surface area is 176 Å². The second-order valence-electron chi connectivity index (χ2n) is 6.97. The SMILES string of the molecule is COc1ccc(N2C=CC(c3ccccc3)C(C(=O)c3ccccc3)S2(=O)=O)cc1. The highest BCUT2D eigenvalue weighted by atomic mass is 32.2. The summed E-state index contributed by atoms with van der Waals surface area (Å²) < 4.78 is 33.7. The number of rotatable bonds is 5. The lowest BCUT2D eigenvalue weighted by Gasteiger charge is -2.34. The number of benzene rings is 3. The number of methoxy groups -OCH3 is 1. The molecular formula is C24H21NO4S. The molecule has 0 spiro atoms. The average Bonchev–Trinajstić information content (AvgIpc) is 2.79. The molecule has 0 N–H and O–H groups in total. The van der Waals surface area contributed by atoms with E-state index in [-0.39, 0.29) is 0 Å². The molecule has 6 heteroatoms. The number of nitrogens with zero attached hydrogens (tertiary/aromatic N) is 1. The Morgan fingerprint density at radius 2 is 1.47 bits per heavy atom. The van der Waals surface area contributed by atoms with Crippen molar-refractivity contribution in [3.63, 3.8) is 0 Å². The predicted molar refractivity (Wildman–Crippen MR) is 117 cm³/mol. The van der Waals surface area contributed by atoms with E-state index in [1.807, 2.05) is 30.3 Å². The van der Waals surface area contributed by atoms with E-state index < -0.39 is 27.0 Å². The van der Waals surface area contributed by atoms with Gasteiger partial charge in [-0.2, -0.15) is 0 Å². The fourth-order valence-corrected chi connectivity index (χ4v) is 5.58. The minimum Gasteiger partial charge on any atom is -0.497 e. The molecule has 2 atom stereocenters. The molecule has 4 rings (SSSR count). The Bertz CT molecular complexity index is 1160. The van der Waals surface area contributed by atoms with Crippen molar-refractivity contribution in [2.24, 2.45) is 0 Å². The molecule has 1 aliphatic rings. The largest absolute Gasteiger partial charge is 0.497 e. The normalized spacial score (nSPS) is 20.0. The van der Waals surface area contributed by atoms with Crippen LogP contribution in [0.25, 0.3) is 0 Å². The van der Waals surface area contributed by atoms with E-state index in [4.69, 9.17) is 4.74 Å². The summed E-state index contributed by atoms with van der Waals surface area (Å²) in [5, 5.41) is -1.27. The second kappa shape index (κ2) is 8.16. The highest BCUT2D eigenvalue weighted by molar-refractivity contribution is 7.94. The lowest BCUT2D eigenvalue weighted by Crippen LogP contribution is -2.46. The zero-order valence-corrected chi connectivity index (χ0v) is 17.2. The molecule has 1 heterocycles. The summed E-state index contributed by atoms with van der Waals surface area (Å²) >= 11 is 0. The zero-order chi connectivity index (χ0) is 21.1. The van der Waals surface area contributed by atoms with Gasteiger partial charge in [-0.05, 0) is 29.8 Å². The molecule has 0 amide bonds. The van der Waals surface area contributed by atoms with E-state index in [2.05, 4.69) is 0 Å². The van der Waals surface area contributed by atoms with Crippen LogP contribution in [0.1, 0.15) is 21.8 Å². The minimum atomic E-state index is -4.03. The van der Waals surface area contributed by atoms with E-state index in [9.17, 15) is 13.2 Å². The number of anilines is 1. The highest BCUT2D eigenvalue weighted by Gasteiger charge is 2.45. The zero-order valence-electron chi connectivity index (χ0n) is 16.4. The van der Waals surface area contributed by atoms with Crippen molar-refractivity contribution >= 4 is 21.5 Å². The highest BCUT2D eigenvalue weighted by Crippen LogP contribution is 2.37. The van der Waals surface area contributed by atoms with Crippen LogP contribution in [0.2, 0.25) is 0 Å². The number of allylic oxidation sites excluding steroid dienone is 1. The van der Waals surface area contributed by atoms with Crippen LogP contribution in [0.5, 0.6) is 5.75 Å². The topological polar surface area (TPSA) is 63.7 Å². The molecule has 0 fully saturated rings. The third kappa shape index (κ3) is 3.62. The first-order chi connectivity index (χ1) is 14.5. The van der Waals surface area contributed by atoms with Gasteiger partial charge in [-0.3, -0.25) is 4.79 Å². The number of ketones is 1. The molecule has 0 bridgehead atoms. The summed E-state index contributed by atoms with van der Waals surface area (Å²) in [5.74, 6) is -0.387. The Morgan fingerprint density at radius 1 is 0.867 bits per heavy atom. The fraction of sp³-hybridized carbons (Fsp3) is 0.125. The lowest BCUT2D eigenvalue weighted by molar-refractivity contribution is 0.0981. The Kier molecular flexibility index (Phi) is 5.42. The van der Waals surface area contributed by atoms with E-state index >= 15 is 0 Å². The van der Waals surface area contributed by atoms with E-state index in [1.54, 1.807) is 67.8 Å². The summed E-state index contributed by atoms with van der Waals surface area (Å²) in [5.41, 5.74) is 1.60. The van der Waals surface area contributed by atoms with Gasteiger partial charge in [0.1, 0.15) is 5.75 Å². The van der Waals surface area contributed by atoms with Gasteiger partial charge in [0.05, 0.1) is 12.8 Å². The summed E-state index contributed by atoms with van der Waals surface area (Å²) in [6.07, 6.45) is 3.32. The summed E-state index contributed by atoms with van der Waals surface area (Å²) in [4.78, 5) is 13.4. The molecule has 0 radical (unpaired) electrons. The number of carbonyl (C=O) groups excluding carboxylic acids is 1. The first-order valence-electron chi connectivity index (χ1n) is 9.52. The monoisotopic (exact) mass is 419 g/mol. The predicted octanol–water partition coefficient (Wildman–Crippen LogP) is 4.39. The minimum absolute atomic E-state index is 0.372. The Morgan fingerprint density at radius 3 is 2.07 bits per heavy atom. The van der Waals surface area contributed by atoms with Crippen molar-refractivity contribution in [3.05, 3.63) is 108 Å². The van der Waals surface area contributed by atoms with Crippen molar-refractivity contribution in [1.29, 1.82) is 0 Å². The van der Waals surface area contributed by atoms with Crippen LogP contribution >= 0.6 is 0 Å². The van der Waals surface area contributed by atoms with Gasteiger partial charge in [0, 0.05) is 17.7 Å². The third-order valence-electron chi connectivity index (χ3n) is 5.18. The number of hydrogen-bond donors (Lipinski definition) is 0. The van der Waals surface area contributed by atoms with Crippen molar-refractivity contribution in [2.45, 2.75) is 11.2 Å². The van der Waals surface area contributed by atoms with Crippen molar-refractivity contribution < 1.29 is 17.9 Å². The van der Waals surface area contributed by atoms with Crippen LogP contribution in [0, 0.1) is 0 Å². The number of carbonyl (C=O) groups is 1. The van der Waals surface area contributed by atoms with E-state index in [0.717, 1.165) is 5.56 Å². The quantitative estimate of drug-likeness (QED) is 0.575. The number of hydrogen-bond acceptors (Lipinski definition) is 4. The van der Waals surface area contributed by atoms with Crippen LogP contribution < -0.4 is 9.04 Å². The van der Waals surface area contributed by atoms with E-state index in [1.165, 1.54) is 10.5 Å². The molecule has 0 aliphatic carbocycles. The number of sulfonamides is 1. The average molecular weight is 420 g/mol. The molecular weight excluding hydrogens is 398 g/mol. The first kappa shape index (κ1) is 19.9. The molecule has 3 aromatic rings. The van der Waals surface area contributed by atoms with Gasteiger partial charge >= 0.3 is 0 Å². The van der Waals surface area contributed by atoms with Gasteiger partial charge in [-0.1, -0.05) is 66.7 Å². The maximum Gasteiger partial charge on any atom is 0.250 e. The fourth-order valence-electron chi connectivity index (χ4n) is 3.65. The molecule has 2 unspecified atom stereocenters. The maximum absolute atomic E-state index is 13.7. The molecule has 3 aromatic carbocycles. The number of ether oxygens (including phenoxy) is 1. The summed E-state index contributed by atoms with van der Waals surface area (Å²) in [6, 6.07) is 24.5. The van der Waals surface area contributed by atoms with Crippen molar-refractivity contribution in [2.75, 3.05) is 11.4 Å². The van der Waals surface area contributed by atoms with Gasteiger partial charge in [-0.15, -0.1) is 0 Å². The van der Waals surface area contributed by atoms with E-state index in [0.29, 0.717) is 17.0 Å². The third-order valence-corrected chi connectivity index (χ3v) is 7.21. The molecule has 0 saturated heterocycles. The second-order valence-corrected chi connectivity index (χ2v) is 8.90. The van der Waals surface area contributed by atoms with Gasteiger partial charge in [0.25, 0.3) is 0 Å². The summed E-state index contributed by atoms with van der Waals surface area (Å²) in [6.45, 7) is 0. The molecule has 5 nitrogen and oxygen atoms in total. The van der Waals surface area contributed by atoms with Crippen LogP contribution in [0.3, 0.4) is 0 Å².